The van der Waals surface area contributed by atoms with Crippen molar-refractivity contribution in [1.29, 1.82) is 0 Å². The predicted octanol–water partition coefficient (Wildman–Crippen LogP) is 3.50. The fraction of sp³-hybridized carbons (Fsp3) is 0.444. The number of hydrogen-bond acceptors (Lipinski definition) is 3. The smallest absolute Gasteiger partial charge is 0.191 e. The van der Waals surface area contributed by atoms with Crippen LogP contribution in [0.5, 0.6) is 0 Å². The summed E-state index contributed by atoms with van der Waals surface area (Å²) in [5.74, 6) is 1.23. The standard InChI is InChI=1S/C18H24ClFN4O/c1-4-16-13(17(5-2)25-24-16)11-23-18(21-3)22-10-9-12-14(19)7-6-8-15(12)20/h6-8H,4-5,9-11H2,1-3H3,(H2,21,22,23). The van der Waals surface area contributed by atoms with E-state index in [1.807, 2.05) is 13.8 Å². The van der Waals surface area contributed by atoms with E-state index in [-0.39, 0.29) is 5.82 Å². The average molecular weight is 367 g/mol. The van der Waals surface area contributed by atoms with E-state index in [4.69, 9.17) is 16.1 Å². The number of hydrogen-bond donors (Lipinski definition) is 2. The highest BCUT2D eigenvalue weighted by Gasteiger charge is 2.13. The van der Waals surface area contributed by atoms with E-state index >= 15 is 0 Å². The van der Waals surface area contributed by atoms with Crippen LogP contribution in [0.25, 0.3) is 0 Å². The van der Waals surface area contributed by atoms with Crippen LogP contribution in [0.15, 0.2) is 27.7 Å². The topological polar surface area (TPSA) is 62.5 Å². The van der Waals surface area contributed by atoms with Gasteiger partial charge in [0.25, 0.3) is 0 Å². The third kappa shape index (κ3) is 4.95. The Morgan fingerprint density at radius 2 is 2.04 bits per heavy atom. The molecule has 0 aliphatic carbocycles. The number of aromatic nitrogens is 1. The highest BCUT2D eigenvalue weighted by molar-refractivity contribution is 6.31. The number of benzene rings is 1. The van der Waals surface area contributed by atoms with E-state index in [1.165, 1.54) is 6.07 Å². The minimum Gasteiger partial charge on any atom is -0.361 e. The van der Waals surface area contributed by atoms with Crippen molar-refractivity contribution >= 4 is 17.6 Å². The lowest BCUT2D eigenvalue weighted by molar-refractivity contribution is 0.380. The zero-order valence-corrected chi connectivity index (χ0v) is 15.6. The summed E-state index contributed by atoms with van der Waals surface area (Å²) in [7, 11) is 1.69. The molecule has 2 N–H and O–H groups in total. The molecule has 0 bridgehead atoms. The van der Waals surface area contributed by atoms with Gasteiger partial charge in [-0.15, -0.1) is 0 Å². The van der Waals surface area contributed by atoms with Crippen molar-refractivity contribution in [1.82, 2.24) is 15.8 Å². The second-order valence-corrected chi connectivity index (χ2v) is 5.95. The van der Waals surface area contributed by atoms with Gasteiger partial charge in [0.1, 0.15) is 11.6 Å². The van der Waals surface area contributed by atoms with Crippen molar-refractivity contribution in [2.75, 3.05) is 13.6 Å². The number of halogens is 2. The minimum atomic E-state index is -0.290. The van der Waals surface area contributed by atoms with Gasteiger partial charge in [0, 0.05) is 42.7 Å². The molecule has 25 heavy (non-hydrogen) atoms. The summed E-state index contributed by atoms with van der Waals surface area (Å²) in [5, 5.41) is 11.0. The summed E-state index contributed by atoms with van der Waals surface area (Å²) in [6.07, 6.45) is 2.08. The summed E-state index contributed by atoms with van der Waals surface area (Å²) >= 11 is 6.04. The van der Waals surface area contributed by atoms with Crippen LogP contribution in [0.2, 0.25) is 5.02 Å². The van der Waals surface area contributed by atoms with E-state index in [0.29, 0.717) is 36.1 Å². The molecule has 2 rings (SSSR count). The first-order valence-corrected chi connectivity index (χ1v) is 8.82. The molecular formula is C18H24ClFN4O. The maximum absolute atomic E-state index is 13.8. The van der Waals surface area contributed by atoms with Crippen molar-refractivity contribution < 1.29 is 8.91 Å². The number of aryl methyl sites for hydroxylation is 2. The molecule has 1 aromatic heterocycles. The van der Waals surface area contributed by atoms with E-state index in [1.54, 1.807) is 19.2 Å². The Balaban J connectivity index is 1.90. The molecule has 0 fully saturated rings. The van der Waals surface area contributed by atoms with Crippen LogP contribution in [0.1, 0.15) is 36.4 Å². The fourth-order valence-electron chi connectivity index (χ4n) is 2.61. The first-order chi connectivity index (χ1) is 12.1. The normalized spacial score (nSPS) is 11.6. The van der Waals surface area contributed by atoms with Crippen LogP contribution in [-0.4, -0.2) is 24.7 Å². The van der Waals surface area contributed by atoms with Crippen LogP contribution in [0.3, 0.4) is 0 Å². The Labute approximate surface area is 152 Å². The highest BCUT2D eigenvalue weighted by Crippen LogP contribution is 2.19. The predicted molar refractivity (Wildman–Crippen MR) is 98.6 cm³/mol. The average Bonchev–Trinajstić information content (AvgIpc) is 3.02. The van der Waals surface area contributed by atoms with Crippen LogP contribution < -0.4 is 10.6 Å². The fourth-order valence-corrected chi connectivity index (χ4v) is 2.87. The molecule has 0 amide bonds. The van der Waals surface area contributed by atoms with E-state index in [2.05, 4.69) is 20.8 Å². The van der Waals surface area contributed by atoms with Gasteiger partial charge >= 0.3 is 0 Å². The maximum atomic E-state index is 13.8. The Morgan fingerprint density at radius 3 is 2.68 bits per heavy atom. The third-order valence-electron chi connectivity index (χ3n) is 3.99. The molecular weight excluding hydrogens is 343 g/mol. The molecule has 0 atom stereocenters. The number of rotatable bonds is 7. The summed E-state index contributed by atoms with van der Waals surface area (Å²) in [6.45, 7) is 5.18. The molecule has 0 radical (unpaired) electrons. The largest absolute Gasteiger partial charge is 0.361 e. The van der Waals surface area contributed by atoms with Crippen molar-refractivity contribution in [2.24, 2.45) is 4.99 Å². The first-order valence-electron chi connectivity index (χ1n) is 8.44. The van der Waals surface area contributed by atoms with Gasteiger partial charge in [0.05, 0.1) is 5.69 Å². The van der Waals surface area contributed by atoms with Gasteiger partial charge in [0.2, 0.25) is 0 Å². The zero-order valence-electron chi connectivity index (χ0n) is 14.8. The summed E-state index contributed by atoms with van der Waals surface area (Å²) in [4.78, 5) is 4.19. The van der Waals surface area contributed by atoms with Gasteiger partial charge in [-0.1, -0.05) is 36.7 Å². The van der Waals surface area contributed by atoms with Crippen molar-refractivity contribution in [3.05, 3.63) is 51.6 Å². The lowest BCUT2D eigenvalue weighted by Gasteiger charge is -2.13. The second kappa shape index (κ2) is 9.42. The molecule has 0 spiro atoms. The zero-order chi connectivity index (χ0) is 18.2. The van der Waals surface area contributed by atoms with E-state index in [9.17, 15) is 4.39 Å². The van der Waals surface area contributed by atoms with Crippen molar-refractivity contribution in [2.45, 2.75) is 39.7 Å². The summed E-state index contributed by atoms with van der Waals surface area (Å²) < 4.78 is 19.1. The molecule has 0 saturated heterocycles. The van der Waals surface area contributed by atoms with Crippen LogP contribution in [0, 0.1) is 5.82 Å². The molecule has 5 nitrogen and oxygen atoms in total. The van der Waals surface area contributed by atoms with Crippen molar-refractivity contribution in [3.8, 4) is 0 Å². The van der Waals surface area contributed by atoms with Crippen LogP contribution in [-0.2, 0) is 25.8 Å². The Kier molecular flexibility index (Phi) is 7.25. The van der Waals surface area contributed by atoms with Gasteiger partial charge < -0.3 is 15.2 Å². The third-order valence-corrected chi connectivity index (χ3v) is 4.35. The summed E-state index contributed by atoms with van der Waals surface area (Å²) in [6, 6.07) is 4.71. The lowest BCUT2D eigenvalue weighted by atomic mass is 10.1. The molecule has 0 aliphatic heterocycles. The molecule has 136 valence electrons. The van der Waals surface area contributed by atoms with Crippen LogP contribution in [0.4, 0.5) is 4.39 Å². The highest BCUT2D eigenvalue weighted by atomic mass is 35.5. The van der Waals surface area contributed by atoms with Gasteiger partial charge in [0.15, 0.2) is 5.96 Å². The molecule has 0 unspecified atom stereocenters. The van der Waals surface area contributed by atoms with Gasteiger partial charge in [-0.05, 0) is 25.0 Å². The van der Waals surface area contributed by atoms with E-state index < -0.39 is 0 Å². The number of aliphatic imine (C=N–C) groups is 1. The SMILES string of the molecule is CCc1noc(CC)c1CNC(=NC)NCCc1c(F)cccc1Cl. The first kappa shape index (κ1) is 19.2. The molecule has 1 heterocycles. The number of nitrogens with one attached hydrogen (secondary N) is 2. The second-order valence-electron chi connectivity index (χ2n) is 5.54. The van der Waals surface area contributed by atoms with Gasteiger partial charge in [-0.2, -0.15) is 0 Å². The molecule has 1 aromatic carbocycles. The Hall–Kier alpha value is -2.08. The van der Waals surface area contributed by atoms with Gasteiger partial charge in [-0.25, -0.2) is 4.39 Å². The number of nitrogens with zero attached hydrogens (tertiary/aromatic N) is 2. The number of guanidine groups is 1. The minimum absolute atomic E-state index is 0.290. The quantitative estimate of drug-likeness (QED) is 0.581. The van der Waals surface area contributed by atoms with E-state index in [0.717, 1.165) is 29.9 Å². The lowest BCUT2D eigenvalue weighted by Crippen LogP contribution is -2.38. The molecule has 0 saturated carbocycles. The maximum Gasteiger partial charge on any atom is 0.191 e. The molecule has 0 aliphatic rings. The Morgan fingerprint density at radius 1 is 1.24 bits per heavy atom. The molecule has 7 heteroatoms. The monoisotopic (exact) mass is 366 g/mol. The van der Waals surface area contributed by atoms with Crippen molar-refractivity contribution in [3.63, 3.8) is 0 Å². The van der Waals surface area contributed by atoms with Gasteiger partial charge in [-0.3, -0.25) is 4.99 Å². The Bertz CT molecular complexity index is 688. The molecule has 2 aromatic rings. The summed E-state index contributed by atoms with van der Waals surface area (Å²) in [5.41, 5.74) is 2.54. The van der Waals surface area contributed by atoms with Crippen LogP contribution >= 0.6 is 11.6 Å².